The number of aromatic nitrogens is 3. The molecular weight excluding hydrogens is 286 g/mol. The van der Waals surface area contributed by atoms with E-state index in [1.165, 1.54) is 11.3 Å². The Morgan fingerprint density at radius 3 is 2.90 bits per heavy atom. The van der Waals surface area contributed by atoms with Gasteiger partial charge >= 0.3 is 0 Å². The fourth-order valence-corrected chi connectivity index (χ4v) is 2.77. The standard InChI is InChI=1S/C14H19N5OS/c1-4-16-11-8-15-6-5-10(11)13(20)17-14-19-18-12(21-14)7-9(2)3/h5-6,8-9,16H,4,7H2,1-3H3,(H,17,19,20). The number of pyridine rings is 1. The van der Waals surface area contributed by atoms with Crippen molar-refractivity contribution in [3.05, 3.63) is 29.0 Å². The van der Waals surface area contributed by atoms with E-state index in [9.17, 15) is 4.79 Å². The minimum Gasteiger partial charge on any atom is -0.383 e. The molecular formula is C14H19N5OS. The van der Waals surface area contributed by atoms with E-state index in [4.69, 9.17) is 0 Å². The number of rotatable bonds is 6. The lowest BCUT2D eigenvalue weighted by Gasteiger charge is -2.08. The van der Waals surface area contributed by atoms with E-state index in [-0.39, 0.29) is 5.91 Å². The van der Waals surface area contributed by atoms with E-state index in [0.29, 0.717) is 22.3 Å². The molecule has 2 aromatic rings. The van der Waals surface area contributed by atoms with E-state index in [0.717, 1.165) is 18.0 Å². The van der Waals surface area contributed by atoms with Crippen LogP contribution in [-0.2, 0) is 6.42 Å². The third-order valence-corrected chi connectivity index (χ3v) is 3.56. The summed E-state index contributed by atoms with van der Waals surface area (Å²) in [4.78, 5) is 16.3. The molecule has 0 spiro atoms. The van der Waals surface area contributed by atoms with Crippen LogP contribution in [0.3, 0.4) is 0 Å². The molecule has 0 aliphatic heterocycles. The van der Waals surface area contributed by atoms with Gasteiger partial charge in [-0.25, -0.2) is 0 Å². The molecule has 112 valence electrons. The second kappa shape index (κ2) is 7.12. The zero-order valence-corrected chi connectivity index (χ0v) is 13.2. The molecule has 0 saturated carbocycles. The van der Waals surface area contributed by atoms with Crippen LogP contribution in [0, 0.1) is 5.92 Å². The van der Waals surface area contributed by atoms with Gasteiger partial charge in [-0.1, -0.05) is 25.2 Å². The summed E-state index contributed by atoms with van der Waals surface area (Å²) in [5, 5.41) is 15.5. The van der Waals surface area contributed by atoms with Crippen molar-refractivity contribution in [1.29, 1.82) is 0 Å². The van der Waals surface area contributed by atoms with E-state index in [1.54, 1.807) is 18.5 Å². The van der Waals surface area contributed by atoms with Crippen LogP contribution in [0.1, 0.15) is 36.1 Å². The summed E-state index contributed by atoms with van der Waals surface area (Å²) in [6, 6.07) is 1.68. The maximum atomic E-state index is 12.3. The minimum absolute atomic E-state index is 0.208. The molecule has 2 rings (SSSR count). The van der Waals surface area contributed by atoms with E-state index in [2.05, 4.69) is 39.7 Å². The van der Waals surface area contributed by atoms with Crippen molar-refractivity contribution in [2.75, 3.05) is 17.2 Å². The van der Waals surface area contributed by atoms with Crippen LogP contribution in [0.4, 0.5) is 10.8 Å². The molecule has 6 nitrogen and oxygen atoms in total. The van der Waals surface area contributed by atoms with Crippen molar-refractivity contribution in [1.82, 2.24) is 15.2 Å². The fourth-order valence-electron chi connectivity index (χ4n) is 1.82. The molecule has 0 fully saturated rings. The smallest absolute Gasteiger partial charge is 0.259 e. The summed E-state index contributed by atoms with van der Waals surface area (Å²) >= 11 is 1.41. The topological polar surface area (TPSA) is 79.8 Å². The number of nitrogens with one attached hydrogen (secondary N) is 2. The molecule has 7 heteroatoms. The molecule has 0 atom stereocenters. The highest BCUT2D eigenvalue weighted by atomic mass is 32.1. The first kappa shape index (κ1) is 15.4. The summed E-state index contributed by atoms with van der Waals surface area (Å²) in [5.74, 6) is 0.308. The summed E-state index contributed by atoms with van der Waals surface area (Å²) < 4.78 is 0. The largest absolute Gasteiger partial charge is 0.383 e. The Hall–Kier alpha value is -2.02. The molecule has 0 saturated heterocycles. The summed E-state index contributed by atoms with van der Waals surface area (Å²) in [7, 11) is 0. The van der Waals surface area contributed by atoms with Crippen LogP contribution >= 0.6 is 11.3 Å². The van der Waals surface area contributed by atoms with Gasteiger partial charge in [-0.3, -0.25) is 15.1 Å². The van der Waals surface area contributed by atoms with Gasteiger partial charge in [-0.15, -0.1) is 10.2 Å². The molecule has 0 aromatic carbocycles. The average molecular weight is 305 g/mol. The van der Waals surface area contributed by atoms with Gasteiger partial charge in [0.1, 0.15) is 5.01 Å². The highest BCUT2D eigenvalue weighted by Crippen LogP contribution is 2.20. The molecule has 0 bridgehead atoms. The predicted molar refractivity (Wildman–Crippen MR) is 84.8 cm³/mol. The van der Waals surface area contributed by atoms with Crippen molar-refractivity contribution in [2.24, 2.45) is 5.92 Å². The Morgan fingerprint density at radius 1 is 1.38 bits per heavy atom. The van der Waals surface area contributed by atoms with Gasteiger partial charge in [0.2, 0.25) is 5.13 Å². The number of nitrogens with zero attached hydrogens (tertiary/aromatic N) is 3. The molecule has 2 aromatic heterocycles. The summed E-state index contributed by atoms with van der Waals surface area (Å²) in [6.45, 7) is 6.94. The predicted octanol–water partition coefficient (Wildman–Crippen LogP) is 2.82. The summed E-state index contributed by atoms with van der Waals surface area (Å²) in [5.41, 5.74) is 1.26. The van der Waals surface area contributed by atoms with Gasteiger partial charge in [0.25, 0.3) is 5.91 Å². The SMILES string of the molecule is CCNc1cnccc1C(=O)Nc1nnc(CC(C)C)s1. The van der Waals surface area contributed by atoms with Crippen LogP contribution in [-0.4, -0.2) is 27.6 Å². The van der Waals surface area contributed by atoms with Crippen LogP contribution in [0.5, 0.6) is 0 Å². The number of carbonyl (C=O) groups excluding carboxylic acids is 1. The Morgan fingerprint density at radius 2 is 2.19 bits per heavy atom. The lowest BCUT2D eigenvalue weighted by Crippen LogP contribution is -2.14. The number of carbonyl (C=O) groups is 1. The fraction of sp³-hybridized carbons (Fsp3) is 0.429. The molecule has 0 aliphatic rings. The molecule has 0 unspecified atom stereocenters. The molecule has 2 N–H and O–H groups in total. The zero-order valence-electron chi connectivity index (χ0n) is 12.4. The highest BCUT2D eigenvalue weighted by molar-refractivity contribution is 7.15. The molecule has 0 aliphatic carbocycles. The van der Waals surface area contributed by atoms with Crippen molar-refractivity contribution in [3.63, 3.8) is 0 Å². The minimum atomic E-state index is -0.208. The lowest BCUT2D eigenvalue weighted by molar-refractivity contribution is 0.102. The maximum Gasteiger partial charge on any atom is 0.259 e. The van der Waals surface area contributed by atoms with E-state index in [1.807, 2.05) is 6.92 Å². The third-order valence-electron chi connectivity index (χ3n) is 2.70. The molecule has 2 heterocycles. The Bertz CT molecular complexity index is 611. The van der Waals surface area contributed by atoms with Crippen LogP contribution in [0.25, 0.3) is 0 Å². The maximum absolute atomic E-state index is 12.3. The second-order valence-corrected chi connectivity index (χ2v) is 6.07. The monoisotopic (exact) mass is 305 g/mol. The number of hydrogen-bond donors (Lipinski definition) is 2. The first-order valence-corrected chi connectivity index (χ1v) is 7.73. The number of anilines is 2. The van der Waals surface area contributed by atoms with Crippen molar-refractivity contribution >= 4 is 28.1 Å². The normalized spacial score (nSPS) is 10.7. The van der Waals surface area contributed by atoms with Gasteiger partial charge in [0, 0.05) is 19.2 Å². The highest BCUT2D eigenvalue weighted by Gasteiger charge is 2.14. The first-order chi connectivity index (χ1) is 10.1. The van der Waals surface area contributed by atoms with Crippen molar-refractivity contribution in [3.8, 4) is 0 Å². The number of hydrogen-bond acceptors (Lipinski definition) is 6. The number of amides is 1. The van der Waals surface area contributed by atoms with Crippen LogP contribution in [0.2, 0.25) is 0 Å². The molecule has 1 amide bonds. The van der Waals surface area contributed by atoms with Gasteiger partial charge in [-0.05, 0) is 18.9 Å². The lowest BCUT2D eigenvalue weighted by atomic mass is 10.1. The van der Waals surface area contributed by atoms with Gasteiger partial charge < -0.3 is 5.32 Å². The van der Waals surface area contributed by atoms with Gasteiger partial charge in [-0.2, -0.15) is 0 Å². The summed E-state index contributed by atoms with van der Waals surface area (Å²) in [6.07, 6.45) is 4.11. The van der Waals surface area contributed by atoms with Gasteiger partial charge in [0.15, 0.2) is 0 Å². The van der Waals surface area contributed by atoms with Crippen molar-refractivity contribution < 1.29 is 4.79 Å². The second-order valence-electron chi connectivity index (χ2n) is 5.00. The molecule has 21 heavy (non-hydrogen) atoms. The van der Waals surface area contributed by atoms with E-state index >= 15 is 0 Å². The Kier molecular flexibility index (Phi) is 5.21. The van der Waals surface area contributed by atoms with Crippen LogP contribution in [0.15, 0.2) is 18.5 Å². The quantitative estimate of drug-likeness (QED) is 0.858. The first-order valence-electron chi connectivity index (χ1n) is 6.91. The third kappa shape index (κ3) is 4.22. The zero-order chi connectivity index (χ0) is 15.2. The van der Waals surface area contributed by atoms with Gasteiger partial charge in [0.05, 0.1) is 17.4 Å². The Labute approximate surface area is 128 Å². The molecule has 0 radical (unpaired) electrons. The Balaban J connectivity index is 2.09. The van der Waals surface area contributed by atoms with E-state index < -0.39 is 0 Å². The average Bonchev–Trinajstić information content (AvgIpc) is 2.86. The van der Waals surface area contributed by atoms with Crippen molar-refractivity contribution in [2.45, 2.75) is 27.2 Å². The van der Waals surface area contributed by atoms with Crippen LogP contribution < -0.4 is 10.6 Å².